The van der Waals surface area contributed by atoms with E-state index >= 15 is 0 Å². The van der Waals surface area contributed by atoms with Crippen molar-refractivity contribution in [3.8, 4) is 0 Å². The number of piperidine rings is 1. The number of aliphatic carboxylic acids is 1. The van der Waals surface area contributed by atoms with Gasteiger partial charge in [-0.2, -0.15) is 4.39 Å². The zero-order chi connectivity index (χ0) is 17.9. The maximum absolute atomic E-state index is 13.2. The highest BCUT2D eigenvalue weighted by Crippen LogP contribution is 2.40. The summed E-state index contributed by atoms with van der Waals surface area (Å²) >= 11 is 6.34. The second kappa shape index (κ2) is 7.70. The highest BCUT2D eigenvalue weighted by Gasteiger charge is 2.41. The van der Waals surface area contributed by atoms with Crippen molar-refractivity contribution in [2.75, 3.05) is 18.4 Å². The molecule has 0 radical (unpaired) electrons. The Balaban J connectivity index is 1.82. The van der Waals surface area contributed by atoms with Crippen LogP contribution in [0.3, 0.4) is 0 Å². The van der Waals surface area contributed by atoms with Crippen LogP contribution < -0.4 is 10.6 Å². The van der Waals surface area contributed by atoms with E-state index in [0.29, 0.717) is 22.3 Å². The predicted molar refractivity (Wildman–Crippen MR) is 96.4 cm³/mol. The normalized spacial score (nSPS) is 25.1. The lowest BCUT2D eigenvalue weighted by molar-refractivity contribution is -0.134. The molecule has 25 heavy (non-hydrogen) atoms. The third-order valence-electron chi connectivity index (χ3n) is 5.28. The summed E-state index contributed by atoms with van der Waals surface area (Å²) < 4.78 is 13.2. The van der Waals surface area contributed by atoms with Gasteiger partial charge in [-0.05, 0) is 55.9 Å². The minimum absolute atomic E-state index is 0.0605. The Kier molecular flexibility index (Phi) is 5.59. The van der Waals surface area contributed by atoms with Gasteiger partial charge in [0.25, 0.3) is 0 Å². The summed E-state index contributed by atoms with van der Waals surface area (Å²) in [7, 11) is 0. The molecular formula is C18H23ClFN3O2. The quantitative estimate of drug-likeness (QED) is 0.689. The molecule has 2 fully saturated rings. The van der Waals surface area contributed by atoms with Crippen LogP contribution in [-0.4, -0.2) is 34.7 Å². The van der Waals surface area contributed by atoms with Crippen LogP contribution in [-0.2, 0) is 4.79 Å². The van der Waals surface area contributed by atoms with Gasteiger partial charge in [0.15, 0.2) is 0 Å². The van der Waals surface area contributed by atoms with Gasteiger partial charge in [0.1, 0.15) is 5.82 Å². The minimum atomic E-state index is -1.60. The third-order valence-corrected chi connectivity index (χ3v) is 5.57. The van der Waals surface area contributed by atoms with E-state index in [1.165, 1.54) is 37.9 Å². The summed E-state index contributed by atoms with van der Waals surface area (Å²) in [5.41, 5.74) is 0.266. The van der Waals surface area contributed by atoms with Crippen LogP contribution in [0.4, 0.5) is 10.2 Å². The van der Waals surface area contributed by atoms with E-state index in [1.807, 2.05) is 0 Å². The molecule has 1 aliphatic heterocycles. The Morgan fingerprint density at radius 1 is 1.44 bits per heavy atom. The Morgan fingerprint density at radius 3 is 2.80 bits per heavy atom. The van der Waals surface area contributed by atoms with Crippen LogP contribution >= 0.6 is 11.6 Å². The largest absolute Gasteiger partial charge is 0.476 e. The summed E-state index contributed by atoms with van der Waals surface area (Å²) in [6.07, 6.45) is 9.45. The van der Waals surface area contributed by atoms with Gasteiger partial charge >= 0.3 is 5.97 Å². The number of nitrogens with one attached hydrogen (secondary N) is 2. The number of nitrogens with zero attached hydrogens (tertiary/aromatic N) is 1. The molecule has 2 heterocycles. The van der Waals surface area contributed by atoms with Gasteiger partial charge in [0.05, 0.1) is 10.6 Å². The monoisotopic (exact) mass is 367 g/mol. The standard InChI is InChI=1S/C18H23ClFN3O2/c19-14-8-12(9-15(20)17(24)25)10-22-16(14)23-18(6-3-7-21-11-18)13-4-1-2-5-13/h8-10,13,21H,1-7,11H2,(H,22,23)(H,24,25)/b15-9-/t18-/m0/s1. The predicted octanol–water partition coefficient (Wildman–Crippen LogP) is 3.85. The smallest absolute Gasteiger partial charge is 0.364 e. The van der Waals surface area contributed by atoms with Crippen molar-refractivity contribution in [1.29, 1.82) is 0 Å². The fourth-order valence-corrected chi connectivity index (χ4v) is 4.25. The molecule has 1 saturated heterocycles. The molecule has 3 N–H and O–H groups in total. The lowest BCUT2D eigenvalue weighted by atomic mass is 9.77. The molecule has 3 rings (SSSR count). The summed E-state index contributed by atoms with van der Waals surface area (Å²) in [6, 6.07) is 1.54. The van der Waals surface area contributed by atoms with Crippen LogP contribution in [0.1, 0.15) is 44.1 Å². The average Bonchev–Trinajstić information content (AvgIpc) is 3.13. The van der Waals surface area contributed by atoms with E-state index in [-0.39, 0.29) is 5.54 Å². The third kappa shape index (κ3) is 4.12. The van der Waals surface area contributed by atoms with E-state index in [2.05, 4.69) is 15.6 Å². The van der Waals surface area contributed by atoms with Crippen molar-refractivity contribution >= 4 is 29.5 Å². The maximum Gasteiger partial charge on any atom is 0.364 e. The number of hydrogen-bond donors (Lipinski definition) is 3. The van der Waals surface area contributed by atoms with E-state index in [4.69, 9.17) is 16.7 Å². The molecule has 0 aromatic carbocycles. The van der Waals surface area contributed by atoms with Crippen LogP contribution in [0.5, 0.6) is 0 Å². The average molecular weight is 368 g/mol. The van der Waals surface area contributed by atoms with E-state index in [0.717, 1.165) is 32.0 Å². The Hall–Kier alpha value is -1.66. The van der Waals surface area contributed by atoms with E-state index in [1.54, 1.807) is 0 Å². The number of aromatic nitrogens is 1. The molecule has 1 aromatic rings. The molecule has 136 valence electrons. The van der Waals surface area contributed by atoms with Crippen molar-refractivity contribution in [3.05, 3.63) is 28.7 Å². The van der Waals surface area contributed by atoms with Crippen molar-refractivity contribution < 1.29 is 14.3 Å². The number of hydrogen-bond acceptors (Lipinski definition) is 4. The molecule has 1 atom stereocenters. The van der Waals surface area contributed by atoms with Crippen molar-refractivity contribution in [3.63, 3.8) is 0 Å². The van der Waals surface area contributed by atoms with Gasteiger partial charge in [-0.15, -0.1) is 0 Å². The summed E-state index contributed by atoms with van der Waals surface area (Å²) in [5, 5.41) is 16.0. The number of carbonyl (C=O) groups is 1. The zero-order valence-electron chi connectivity index (χ0n) is 14.0. The lowest BCUT2D eigenvalue weighted by Gasteiger charge is -2.44. The topological polar surface area (TPSA) is 74.2 Å². The van der Waals surface area contributed by atoms with E-state index < -0.39 is 11.8 Å². The van der Waals surface area contributed by atoms with Crippen molar-refractivity contribution in [1.82, 2.24) is 10.3 Å². The molecular weight excluding hydrogens is 345 g/mol. The first-order valence-corrected chi connectivity index (χ1v) is 9.13. The highest BCUT2D eigenvalue weighted by atomic mass is 35.5. The maximum atomic E-state index is 13.2. The van der Waals surface area contributed by atoms with Gasteiger partial charge in [-0.1, -0.05) is 24.4 Å². The minimum Gasteiger partial charge on any atom is -0.476 e. The van der Waals surface area contributed by atoms with Gasteiger partial charge in [-0.25, -0.2) is 9.78 Å². The number of rotatable bonds is 5. The SMILES string of the molecule is O=C(O)/C(F)=C/c1cnc(N[C@@]2(C3CCCC3)CCCNC2)c(Cl)c1. The molecule has 0 amide bonds. The Morgan fingerprint density at radius 2 is 2.20 bits per heavy atom. The number of pyridine rings is 1. The molecule has 0 bridgehead atoms. The first kappa shape index (κ1) is 18.1. The second-order valence-corrected chi connectivity index (χ2v) is 7.35. The molecule has 1 saturated carbocycles. The van der Waals surface area contributed by atoms with E-state index in [9.17, 15) is 9.18 Å². The molecule has 2 aliphatic rings. The van der Waals surface area contributed by atoms with Gasteiger partial charge in [0.2, 0.25) is 5.83 Å². The van der Waals surface area contributed by atoms with Crippen LogP contribution in [0.2, 0.25) is 5.02 Å². The van der Waals surface area contributed by atoms with Gasteiger partial charge in [-0.3, -0.25) is 0 Å². The molecule has 1 aromatic heterocycles. The van der Waals surface area contributed by atoms with Crippen molar-refractivity contribution in [2.45, 2.75) is 44.1 Å². The summed E-state index contributed by atoms with van der Waals surface area (Å²) in [4.78, 5) is 14.9. The molecule has 1 aliphatic carbocycles. The van der Waals surface area contributed by atoms with Crippen LogP contribution in [0.15, 0.2) is 18.1 Å². The Bertz CT molecular complexity index is 668. The molecule has 0 spiro atoms. The zero-order valence-corrected chi connectivity index (χ0v) is 14.8. The number of carboxylic acids is 1. The van der Waals surface area contributed by atoms with Gasteiger partial charge < -0.3 is 15.7 Å². The molecule has 5 nitrogen and oxygen atoms in total. The fraction of sp³-hybridized carbons (Fsp3) is 0.556. The highest BCUT2D eigenvalue weighted by molar-refractivity contribution is 6.33. The number of carboxylic acid groups (broad SMARTS) is 1. The molecule has 7 heteroatoms. The fourth-order valence-electron chi connectivity index (χ4n) is 4.03. The van der Waals surface area contributed by atoms with Crippen LogP contribution in [0.25, 0.3) is 6.08 Å². The first-order chi connectivity index (χ1) is 12.0. The van der Waals surface area contributed by atoms with Gasteiger partial charge in [0, 0.05) is 12.7 Å². The first-order valence-electron chi connectivity index (χ1n) is 8.75. The Labute approximate surface area is 151 Å². The number of anilines is 1. The summed E-state index contributed by atoms with van der Waals surface area (Å²) in [6.45, 7) is 1.90. The van der Waals surface area contributed by atoms with Crippen molar-refractivity contribution in [2.24, 2.45) is 5.92 Å². The molecule has 0 unspecified atom stereocenters. The van der Waals surface area contributed by atoms with Crippen LogP contribution in [0, 0.1) is 5.92 Å². The lowest BCUT2D eigenvalue weighted by Crippen LogP contribution is -2.55. The summed E-state index contributed by atoms with van der Waals surface area (Å²) in [5.74, 6) is -1.68. The second-order valence-electron chi connectivity index (χ2n) is 6.94. The number of halogens is 2.